The third-order valence-corrected chi connectivity index (χ3v) is 1.32. The Morgan fingerprint density at radius 1 is 1.67 bits per heavy atom. The molecular weight excluding hydrogens is 118 g/mol. The lowest BCUT2D eigenvalue weighted by molar-refractivity contribution is -0.107. The molecule has 1 aliphatic heterocycles. The summed E-state index contributed by atoms with van der Waals surface area (Å²) < 4.78 is 0. The van der Waals surface area contributed by atoms with Crippen LogP contribution in [-0.2, 0) is 4.79 Å². The number of carbonyl (C=O) groups excluding carboxylic acids is 1. The molecule has 0 aromatic carbocycles. The van der Waals surface area contributed by atoms with Crippen LogP contribution >= 0.6 is 0 Å². The monoisotopic (exact) mass is 127 g/mol. The Morgan fingerprint density at radius 2 is 2.33 bits per heavy atom. The minimum atomic E-state index is 0.264. The van der Waals surface area contributed by atoms with Gasteiger partial charge in [0.15, 0.2) is 0 Å². The maximum Gasteiger partial charge on any atom is 0.252 e. The minimum absolute atomic E-state index is 0.264. The lowest BCUT2D eigenvalue weighted by atomic mass is 10.2. The highest BCUT2D eigenvalue weighted by Gasteiger charge is 2.21. The molecule has 1 aliphatic rings. The smallest absolute Gasteiger partial charge is 0.252 e. The summed E-state index contributed by atoms with van der Waals surface area (Å²) in [5, 5.41) is 6.96. The molecule has 0 aliphatic carbocycles. The first-order chi connectivity index (χ1) is 4.33. The second kappa shape index (κ2) is 2.68. The van der Waals surface area contributed by atoms with E-state index in [1.54, 1.807) is 0 Å². The van der Waals surface area contributed by atoms with Crippen molar-refractivity contribution in [2.24, 2.45) is 10.2 Å². The molecular formula is C5H9N3O. The summed E-state index contributed by atoms with van der Waals surface area (Å²) in [6, 6.07) is 0.264. The molecule has 9 heavy (non-hydrogen) atoms. The summed E-state index contributed by atoms with van der Waals surface area (Å²) in [6.07, 6.45) is 0.471. The summed E-state index contributed by atoms with van der Waals surface area (Å²) in [7, 11) is 2.01. The molecule has 0 unspecified atom stereocenters. The molecule has 0 aromatic rings. The van der Waals surface area contributed by atoms with Gasteiger partial charge in [0, 0.05) is 13.1 Å². The van der Waals surface area contributed by atoms with E-state index in [2.05, 4.69) is 15.1 Å². The number of amides is 1. The standard InChI is InChI=1S/C5H9N3O/c1-8-2-5(3-8)7-6-4-9/h4-5H,2-3H2,1H3. The number of likely N-dealkylation sites (tertiary alicyclic amines) is 1. The van der Waals surface area contributed by atoms with E-state index in [0.29, 0.717) is 6.41 Å². The van der Waals surface area contributed by atoms with Crippen LogP contribution in [0.25, 0.3) is 0 Å². The average molecular weight is 127 g/mol. The zero-order valence-corrected chi connectivity index (χ0v) is 5.32. The Labute approximate surface area is 53.6 Å². The molecule has 0 spiro atoms. The predicted molar refractivity (Wildman–Crippen MR) is 32.2 cm³/mol. The SMILES string of the molecule is CN1CC(N=NC=O)C1. The first kappa shape index (κ1) is 6.35. The number of nitrogens with zero attached hydrogens (tertiary/aromatic N) is 3. The van der Waals surface area contributed by atoms with Gasteiger partial charge in [-0.05, 0) is 7.05 Å². The minimum Gasteiger partial charge on any atom is -0.302 e. The third-order valence-electron chi connectivity index (χ3n) is 1.32. The summed E-state index contributed by atoms with van der Waals surface area (Å²) in [4.78, 5) is 11.8. The predicted octanol–water partition coefficient (Wildman–Crippen LogP) is -0.0910. The van der Waals surface area contributed by atoms with E-state index < -0.39 is 0 Å². The summed E-state index contributed by atoms with van der Waals surface area (Å²) in [5.74, 6) is 0. The molecule has 50 valence electrons. The van der Waals surface area contributed by atoms with Crippen molar-refractivity contribution in [3.63, 3.8) is 0 Å². The van der Waals surface area contributed by atoms with Gasteiger partial charge in [0.05, 0.1) is 6.04 Å². The Hall–Kier alpha value is -0.770. The van der Waals surface area contributed by atoms with Gasteiger partial charge in [-0.25, -0.2) is 0 Å². The third kappa shape index (κ3) is 1.57. The zero-order valence-electron chi connectivity index (χ0n) is 5.32. The van der Waals surface area contributed by atoms with Crippen LogP contribution in [0.15, 0.2) is 10.2 Å². The molecule has 1 fully saturated rings. The van der Waals surface area contributed by atoms with Crippen LogP contribution in [0.5, 0.6) is 0 Å². The van der Waals surface area contributed by atoms with E-state index >= 15 is 0 Å². The Kier molecular flexibility index (Phi) is 1.89. The molecule has 1 rings (SSSR count). The lowest BCUT2D eigenvalue weighted by Crippen LogP contribution is -2.46. The first-order valence-electron chi connectivity index (χ1n) is 2.85. The molecule has 1 amide bonds. The second-order valence-electron chi connectivity index (χ2n) is 2.21. The van der Waals surface area contributed by atoms with Crippen molar-refractivity contribution in [2.75, 3.05) is 20.1 Å². The lowest BCUT2D eigenvalue weighted by Gasteiger charge is -2.31. The molecule has 0 radical (unpaired) electrons. The van der Waals surface area contributed by atoms with Crippen molar-refractivity contribution >= 4 is 6.41 Å². The van der Waals surface area contributed by atoms with Gasteiger partial charge in [0.1, 0.15) is 0 Å². The highest BCUT2D eigenvalue weighted by Crippen LogP contribution is 2.07. The maximum absolute atomic E-state index is 9.66. The van der Waals surface area contributed by atoms with Crippen LogP contribution in [0.2, 0.25) is 0 Å². The molecule has 0 saturated carbocycles. The molecule has 1 saturated heterocycles. The fraction of sp³-hybridized carbons (Fsp3) is 0.800. The maximum atomic E-state index is 9.66. The topological polar surface area (TPSA) is 45.0 Å². The largest absolute Gasteiger partial charge is 0.302 e. The number of carbonyl (C=O) groups is 1. The van der Waals surface area contributed by atoms with Gasteiger partial charge in [-0.2, -0.15) is 5.11 Å². The van der Waals surface area contributed by atoms with Crippen LogP contribution in [0.3, 0.4) is 0 Å². The van der Waals surface area contributed by atoms with E-state index in [1.807, 2.05) is 7.05 Å². The first-order valence-corrected chi connectivity index (χ1v) is 2.85. The summed E-state index contributed by atoms with van der Waals surface area (Å²) >= 11 is 0. The van der Waals surface area contributed by atoms with E-state index in [0.717, 1.165) is 13.1 Å². The summed E-state index contributed by atoms with van der Waals surface area (Å²) in [5.41, 5.74) is 0. The van der Waals surface area contributed by atoms with Crippen molar-refractivity contribution in [3.05, 3.63) is 0 Å². The van der Waals surface area contributed by atoms with Crippen LogP contribution in [0.1, 0.15) is 0 Å². The van der Waals surface area contributed by atoms with Crippen molar-refractivity contribution in [3.8, 4) is 0 Å². The Balaban J connectivity index is 2.17. The summed E-state index contributed by atoms with van der Waals surface area (Å²) in [6.45, 7) is 1.86. The van der Waals surface area contributed by atoms with Gasteiger partial charge in [0.25, 0.3) is 6.41 Å². The van der Waals surface area contributed by atoms with Crippen molar-refractivity contribution in [2.45, 2.75) is 6.04 Å². The molecule has 0 atom stereocenters. The molecule has 0 N–H and O–H groups in total. The normalized spacial score (nSPS) is 22.3. The van der Waals surface area contributed by atoms with Crippen LogP contribution < -0.4 is 0 Å². The second-order valence-corrected chi connectivity index (χ2v) is 2.21. The quantitative estimate of drug-likeness (QED) is 0.384. The van der Waals surface area contributed by atoms with Gasteiger partial charge in [-0.1, -0.05) is 0 Å². The molecule has 0 bridgehead atoms. The highest BCUT2D eigenvalue weighted by molar-refractivity contribution is 5.45. The fourth-order valence-electron chi connectivity index (χ4n) is 0.861. The van der Waals surface area contributed by atoms with Crippen LogP contribution in [0.4, 0.5) is 0 Å². The van der Waals surface area contributed by atoms with Crippen LogP contribution in [0, 0.1) is 0 Å². The number of hydrogen-bond acceptors (Lipinski definition) is 3. The van der Waals surface area contributed by atoms with E-state index in [-0.39, 0.29) is 6.04 Å². The van der Waals surface area contributed by atoms with Crippen LogP contribution in [-0.4, -0.2) is 37.5 Å². The van der Waals surface area contributed by atoms with Gasteiger partial charge in [-0.15, -0.1) is 5.11 Å². The Bertz CT molecular complexity index is 128. The molecule has 4 heteroatoms. The molecule has 1 heterocycles. The van der Waals surface area contributed by atoms with Crippen molar-refractivity contribution < 1.29 is 4.79 Å². The number of azo groups is 1. The number of likely N-dealkylation sites (N-methyl/N-ethyl adjacent to an activating group) is 1. The van der Waals surface area contributed by atoms with Gasteiger partial charge in [0.2, 0.25) is 0 Å². The molecule has 0 aromatic heterocycles. The van der Waals surface area contributed by atoms with E-state index in [9.17, 15) is 4.79 Å². The number of rotatable bonds is 2. The molecule has 4 nitrogen and oxygen atoms in total. The highest BCUT2D eigenvalue weighted by atomic mass is 16.1. The van der Waals surface area contributed by atoms with Gasteiger partial charge < -0.3 is 4.90 Å². The van der Waals surface area contributed by atoms with Gasteiger partial charge >= 0.3 is 0 Å². The van der Waals surface area contributed by atoms with Crippen molar-refractivity contribution in [1.82, 2.24) is 4.90 Å². The fourth-order valence-corrected chi connectivity index (χ4v) is 0.861. The van der Waals surface area contributed by atoms with Gasteiger partial charge in [-0.3, -0.25) is 4.79 Å². The van der Waals surface area contributed by atoms with E-state index in [4.69, 9.17) is 0 Å². The Morgan fingerprint density at radius 3 is 2.78 bits per heavy atom. The zero-order chi connectivity index (χ0) is 6.69. The van der Waals surface area contributed by atoms with E-state index in [1.165, 1.54) is 0 Å². The number of hydrogen-bond donors (Lipinski definition) is 0. The average Bonchev–Trinajstić information content (AvgIpc) is 1.78. The van der Waals surface area contributed by atoms with Crippen molar-refractivity contribution in [1.29, 1.82) is 0 Å².